The molecule has 0 heterocycles. The van der Waals surface area contributed by atoms with E-state index in [0.29, 0.717) is 6.42 Å². The topological polar surface area (TPSA) is 64.2 Å². The van der Waals surface area contributed by atoms with E-state index in [9.17, 15) is 0 Å². The third-order valence-corrected chi connectivity index (χ3v) is 2.33. The van der Waals surface area contributed by atoms with Crippen molar-refractivity contribution < 1.29 is 9.59 Å². The lowest BCUT2D eigenvalue weighted by Crippen LogP contribution is -2.18. The summed E-state index contributed by atoms with van der Waals surface area (Å²) in [7, 11) is -2.66. The third kappa shape index (κ3) is 3.24. The van der Waals surface area contributed by atoms with Crippen molar-refractivity contribution in [3.05, 3.63) is 0 Å². The molecule has 0 aliphatic heterocycles. The van der Waals surface area contributed by atoms with Crippen molar-refractivity contribution in [3.8, 4) is 6.07 Å². The molecule has 2 N–H and O–H groups in total. The monoisotopic (exact) mass is 145 g/mol. The predicted octanol–water partition coefficient (Wildman–Crippen LogP) is -0.115. The summed E-state index contributed by atoms with van der Waals surface area (Å²) in [5.74, 6) is 0. The Morgan fingerprint density at radius 3 is 2.33 bits per heavy atom. The van der Waals surface area contributed by atoms with Crippen LogP contribution in [0, 0.1) is 11.3 Å². The first-order valence-corrected chi connectivity index (χ1v) is 4.68. The average molecular weight is 145 g/mol. The largest absolute Gasteiger partial charge is 0.412 e. The highest BCUT2D eigenvalue weighted by atomic mass is 28.3. The van der Waals surface area contributed by atoms with Crippen LogP contribution >= 0.6 is 0 Å². The maximum absolute atomic E-state index is 8.62. The molecule has 0 spiro atoms. The van der Waals surface area contributed by atoms with Gasteiger partial charge in [-0.1, -0.05) is 13.3 Å². The van der Waals surface area contributed by atoms with Gasteiger partial charge >= 0.3 is 9.28 Å². The molecule has 1 unspecified atom stereocenters. The number of rotatable bonds is 3. The van der Waals surface area contributed by atoms with Crippen LogP contribution in [0.15, 0.2) is 0 Å². The number of hydrogen-bond donors (Lipinski definition) is 2. The zero-order valence-corrected chi connectivity index (χ0v) is 6.57. The smallest absolute Gasteiger partial charge is 0.333 e. The maximum Gasteiger partial charge on any atom is 0.333 e. The van der Waals surface area contributed by atoms with Crippen LogP contribution in [0.3, 0.4) is 0 Å². The number of hydrogen-bond acceptors (Lipinski definition) is 3. The van der Waals surface area contributed by atoms with E-state index in [1.165, 1.54) is 0 Å². The van der Waals surface area contributed by atoms with Crippen LogP contribution < -0.4 is 0 Å². The van der Waals surface area contributed by atoms with Gasteiger partial charge in [-0.25, -0.2) is 0 Å². The lowest BCUT2D eigenvalue weighted by molar-refractivity contribution is 0.391. The summed E-state index contributed by atoms with van der Waals surface area (Å²) in [6, 6.07) is 1.86. The van der Waals surface area contributed by atoms with Gasteiger partial charge in [0.25, 0.3) is 0 Å². The molecule has 0 saturated heterocycles. The van der Waals surface area contributed by atoms with Gasteiger partial charge in [0, 0.05) is 0 Å². The van der Waals surface area contributed by atoms with Crippen LogP contribution in [-0.4, -0.2) is 18.9 Å². The first-order valence-electron chi connectivity index (χ1n) is 2.98. The summed E-state index contributed by atoms with van der Waals surface area (Å²) in [6.45, 7) is 1.92. The molecule has 0 rings (SSSR count). The van der Waals surface area contributed by atoms with E-state index in [-0.39, 0.29) is 0 Å². The molecule has 0 fully saturated rings. The van der Waals surface area contributed by atoms with Gasteiger partial charge in [0.2, 0.25) is 0 Å². The summed E-state index contributed by atoms with van der Waals surface area (Å²) in [6.07, 6.45) is 1.45. The Bertz CT molecular complexity index is 110. The highest BCUT2D eigenvalue weighted by Gasteiger charge is 2.17. The van der Waals surface area contributed by atoms with E-state index in [2.05, 4.69) is 0 Å². The summed E-state index contributed by atoms with van der Waals surface area (Å²) >= 11 is 0. The van der Waals surface area contributed by atoms with E-state index >= 15 is 0 Å². The molecule has 0 aromatic carbocycles. The van der Waals surface area contributed by atoms with Crippen molar-refractivity contribution in [1.29, 1.82) is 5.26 Å². The zero-order chi connectivity index (χ0) is 7.28. The second kappa shape index (κ2) is 4.50. The van der Waals surface area contributed by atoms with Gasteiger partial charge in [0.05, 0.1) is 11.6 Å². The minimum atomic E-state index is -2.66. The highest BCUT2D eigenvalue weighted by Crippen LogP contribution is 2.11. The molecule has 0 aliphatic carbocycles. The SMILES string of the molecule is CCCC(C#N)[SiH](O)O. The molecule has 0 bridgehead atoms. The standard InChI is InChI=1S/C5H11NO2Si/c1-2-3-5(4-6)9(7)8/h5,7-9H,2-3H2,1H3. The Morgan fingerprint density at radius 2 is 2.22 bits per heavy atom. The van der Waals surface area contributed by atoms with Crippen molar-refractivity contribution in [2.75, 3.05) is 0 Å². The Balaban J connectivity index is 3.58. The summed E-state index contributed by atoms with van der Waals surface area (Å²) in [4.78, 5) is 17.2. The molecule has 3 nitrogen and oxygen atoms in total. The van der Waals surface area contributed by atoms with Gasteiger partial charge < -0.3 is 9.59 Å². The quantitative estimate of drug-likeness (QED) is 0.544. The van der Waals surface area contributed by atoms with Crippen molar-refractivity contribution >= 4 is 9.28 Å². The van der Waals surface area contributed by atoms with Crippen LogP contribution in [0.25, 0.3) is 0 Å². The Hall–Kier alpha value is -0.373. The fraction of sp³-hybridized carbons (Fsp3) is 0.800. The molecular formula is C5H11NO2Si. The third-order valence-electron chi connectivity index (χ3n) is 1.13. The van der Waals surface area contributed by atoms with Crippen molar-refractivity contribution in [3.63, 3.8) is 0 Å². The first-order chi connectivity index (χ1) is 4.22. The van der Waals surface area contributed by atoms with E-state index in [0.717, 1.165) is 6.42 Å². The molecule has 4 heteroatoms. The molecule has 0 amide bonds. The molecule has 52 valence electrons. The second-order valence-corrected chi connectivity index (χ2v) is 3.57. The normalized spacial score (nSPS) is 13.2. The lowest BCUT2D eigenvalue weighted by atomic mass is 10.3. The van der Waals surface area contributed by atoms with Crippen molar-refractivity contribution in [2.45, 2.75) is 25.3 Å². The fourth-order valence-corrected chi connectivity index (χ4v) is 1.36. The molecule has 0 aliphatic rings. The van der Waals surface area contributed by atoms with E-state index in [4.69, 9.17) is 14.9 Å². The summed E-state index contributed by atoms with van der Waals surface area (Å²) in [5, 5.41) is 8.29. The molecule has 0 radical (unpaired) electrons. The van der Waals surface area contributed by atoms with Gasteiger partial charge in [0.1, 0.15) is 0 Å². The molecule has 0 aromatic heterocycles. The molecule has 9 heavy (non-hydrogen) atoms. The van der Waals surface area contributed by atoms with Crippen LogP contribution in [0.4, 0.5) is 0 Å². The number of nitrogens with zero attached hydrogens (tertiary/aromatic N) is 1. The summed E-state index contributed by atoms with van der Waals surface area (Å²) in [5.41, 5.74) is -0.477. The van der Waals surface area contributed by atoms with Gasteiger partial charge in [-0.05, 0) is 6.42 Å². The van der Waals surface area contributed by atoms with Gasteiger partial charge in [-0.3, -0.25) is 0 Å². The number of nitriles is 1. The van der Waals surface area contributed by atoms with E-state index in [1.54, 1.807) is 0 Å². The van der Waals surface area contributed by atoms with Crippen LogP contribution in [0.1, 0.15) is 19.8 Å². The zero-order valence-electron chi connectivity index (χ0n) is 5.41. The van der Waals surface area contributed by atoms with Crippen molar-refractivity contribution in [2.24, 2.45) is 0 Å². The van der Waals surface area contributed by atoms with Gasteiger partial charge in [0.15, 0.2) is 0 Å². The van der Waals surface area contributed by atoms with Gasteiger partial charge in [-0.2, -0.15) is 5.26 Å². The summed E-state index contributed by atoms with van der Waals surface area (Å²) < 4.78 is 0. The predicted molar refractivity (Wildman–Crippen MR) is 35.9 cm³/mol. The molecule has 0 aromatic rings. The van der Waals surface area contributed by atoms with E-state index in [1.807, 2.05) is 13.0 Å². The second-order valence-electron chi connectivity index (χ2n) is 1.94. The Labute approximate surface area is 56.4 Å². The highest BCUT2D eigenvalue weighted by molar-refractivity contribution is 6.44. The minimum Gasteiger partial charge on any atom is -0.412 e. The Morgan fingerprint density at radius 1 is 1.67 bits per heavy atom. The van der Waals surface area contributed by atoms with Crippen LogP contribution in [0.2, 0.25) is 5.54 Å². The molecular weight excluding hydrogens is 134 g/mol. The van der Waals surface area contributed by atoms with Crippen molar-refractivity contribution in [1.82, 2.24) is 0 Å². The Kier molecular flexibility index (Phi) is 4.31. The molecule has 1 atom stereocenters. The maximum atomic E-state index is 8.62. The molecule has 0 saturated carbocycles. The van der Waals surface area contributed by atoms with Crippen LogP contribution in [-0.2, 0) is 0 Å². The van der Waals surface area contributed by atoms with E-state index < -0.39 is 14.8 Å². The van der Waals surface area contributed by atoms with Gasteiger partial charge in [-0.15, -0.1) is 0 Å². The first kappa shape index (κ1) is 8.63. The lowest BCUT2D eigenvalue weighted by Gasteiger charge is -2.04. The minimum absolute atomic E-state index is 0.477. The average Bonchev–Trinajstić information content (AvgIpc) is 1.82. The van der Waals surface area contributed by atoms with Crippen LogP contribution in [0.5, 0.6) is 0 Å². The fourth-order valence-electron chi connectivity index (χ4n) is 0.591.